The van der Waals surface area contributed by atoms with Crippen LogP contribution in [-0.4, -0.2) is 15.5 Å². The van der Waals surface area contributed by atoms with Gasteiger partial charge in [-0.05, 0) is 53.9 Å². The lowest BCUT2D eigenvalue weighted by atomic mass is 10.1. The molecule has 3 N–H and O–H groups in total. The summed E-state index contributed by atoms with van der Waals surface area (Å²) < 4.78 is 1.57. The fraction of sp³-hybridized carbons (Fsp3) is 0.250. The summed E-state index contributed by atoms with van der Waals surface area (Å²) in [4.78, 5) is 29.8. The van der Waals surface area contributed by atoms with Gasteiger partial charge < -0.3 is 15.6 Å². The molecule has 0 fully saturated rings. The van der Waals surface area contributed by atoms with Crippen LogP contribution < -0.4 is 16.6 Å². The van der Waals surface area contributed by atoms with Gasteiger partial charge in [0.1, 0.15) is 11.8 Å². The summed E-state index contributed by atoms with van der Waals surface area (Å²) in [5, 5.41) is 12.4. The van der Waals surface area contributed by atoms with Crippen molar-refractivity contribution in [2.45, 2.75) is 39.4 Å². The molecule has 0 spiro atoms. The molecule has 164 valence electrons. The van der Waals surface area contributed by atoms with Crippen molar-refractivity contribution in [1.82, 2.24) is 14.9 Å². The van der Waals surface area contributed by atoms with E-state index < -0.39 is 0 Å². The minimum Gasteiger partial charge on any atom is -0.352 e. The van der Waals surface area contributed by atoms with Crippen molar-refractivity contribution >= 4 is 17.5 Å². The summed E-state index contributed by atoms with van der Waals surface area (Å²) in [6.07, 6.45) is 2.19. The molecule has 2 aromatic heterocycles. The van der Waals surface area contributed by atoms with E-state index >= 15 is 0 Å². The molecule has 2 heterocycles. The van der Waals surface area contributed by atoms with E-state index in [1.54, 1.807) is 35.0 Å². The highest BCUT2D eigenvalue weighted by atomic mass is 35.5. The first kappa shape index (κ1) is 23.2. The van der Waals surface area contributed by atoms with Crippen molar-refractivity contribution in [2.75, 3.05) is 0 Å². The quantitative estimate of drug-likeness (QED) is 0.548. The second-order valence-corrected chi connectivity index (χ2v) is 7.86. The molecule has 0 saturated carbocycles. The Morgan fingerprint density at radius 2 is 2.06 bits per heavy atom. The number of nitrogens with zero attached hydrogens (tertiary/aromatic N) is 3. The van der Waals surface area contributed by atoms with E-state index in [1.807, 2.05) is 31.2 Å². The van der Waals surface area contributed by atoms with Crippen LogP contribution in [-0.2, 0) is 37.3 Å². The zero-order chi connectivity index (χ0) is 23.1. The molecule has 1 aromatic carbocycles. The van der Waals surface area contributed by atoms with E-state index in [1.165, 1.54) is 0 Å². The van der Waals surface area contributed by atoms with Crippen LogP contribution in [0.4, 0.5) is 0 Å². The van der Waals surface area contributed by atoms with Gasteiger partial charge in [0.2, 0.25) is 5.91 Å². The molecule has 0 radical (unpaired) electrons. The van der Waals surface area contributed by atoms with Gasteiger partial charge in [0.25, 0.3) is 5.56 Å². The van der Waals surface area contributed by atoms with Gasteiger partial charge in [-0.15, -0.1) is 0 Å². The molecular formula is C24H24ClN5O2. The molecule has 0 unspecified atom stereocenters. The van der Waals surface area contributed by atoms with Crippen LogP contribution in [0.25, 0.3) is 0 Å². The van der Waals surface area contributed by atoms with Gasteiger partial charge in [0, 0.05) is 48.5 Å². The third-order valence-electron chi connectivity index (χ3n) is 5.23. The number of carbonyl (C=O) groups is 1. The molecular weight excluding hydrogens is 426 g/mol. The number of nitrogens with two attached hydrogens (primary N) is 1. The molecule has 1 amide bonds. The van der Waals surface area contributed by atoms with E-state index in [0.29, 0.717) is 35.8 Å². The third-order valence-corrected chi connectivity index (χ3v) is 5.47. The second-order valence-electron chi connectivity index (χ2n) is 7.42. The van der Waals surface area contributed by atoms with Gasteiger partial charge in [-0.1, -0.05) is 23.7 Å². The van der Waals surface area contributed by atoms with E-state index in [0.717, 1.165) is 22.4 Å². The maximum Gasteiger partial charge on any atom is 0.254 e. The molecule has 32 heavy (non-hydrogen) atoms. The smallest absolute Gasteiger partial charge is 0.254 e. The summed E-state index contributed by atoms with van der Waals surface area (Å²) in [6.45, 7) is 2.84. The number of carbonyl (C=O) groups excluding carboxylic acids is 1. The number of nitriles is 1. The first-order chi connectivity index (χ1) is 15.4. The van der Waals surface area contributed by atoms with Gasteiger partial charge in [0.05, 0.1) is 6.42 Å². The van der Waals surface area contributed by atoms with E-state index in [9.17, 15) is 9.59 Å². The first-order valence-corrected chi connectivity index (χ1v) is 10.6. The van der Waals surface area contributed by atoms with E-state index in [4.69, 9.17) is 22.6 Å². The molecule has 0 saturated heterocycles. The summed E-state index contributed by atoms with van der Waals surface area (Å²) in [7, 11) is 0. The number of halogens is 1. The van der Waals surface area contributed by atoms with Crippen molar-refractivity contribution in [2.24, 2.45) is 5.73 Å². The number of rotatable bonds is 8. The van der Waals surface area contributed by atoms with Crippen LogP contribution in [0.2, 0.25) is 5.02 Å². The van der Waals surface area contributed by atoms with Crippen molar-refractivity contribution in [3.63, 3.8) is 0 Å². The van der Waals surface area contributed by atoms with Crippen LogP contribution >= 0.6 is 11.6 Å². The highest BCUT2D eigenvalue weighted by molar-refractivity contribution is 6.30. The summed E-state index contributed by atoms with van der Waals surface area (Å²) in [5.74, 6) is -0.255. The number of hydrogen-bond acceptors (Lipinski definition) is 5. The van der Waals surface area contributed by atoms with Crippen LogP contribution in [0.15, 0.2) is 53.5 Å². The molecule has 0 aliphatic heterocycles. The van der Waals surface area contributed by atoms with Gasteiger partial charge in [-0.2, -0.15) is 5.26 Å². The Morgan fingerprint density at radius 3 is 2.81 bits per heavy atom. The number of aromatic nitrogens is 2. The molecule has 3 aromatic rings. The number of aryl methyl sites for hydroxylation is 3. The number of pyridine rings is 2. The van der Waals surface area contributed by atoms with Crippen LogP contribution in [0, 0.1) is 18.3 Å². The number of nitrogens with one attached hydrogen (secondary N) is 1. The Labute approximate surface area is 191 Å². The standard InChI is InChI=1S/C24H24ClN5O2/c1-16-7-9-30(10-8-20-3-2-4-21(14-27)29-20)24(32)22(16)12-23(31)28-15-18-11-19(25)6-5-17(18)13-26/h2-7,9,11H,8,10,12-13,15,26H2,1H3,(H,28,31). The van der Waals surface area contributed by atoms with Crippen molar-refractivity contribution in [1.29, 1.82) is 5.26 Å². The molecule has 0 aliphatic carbocycles. The van der Waals surface area contributed by atoms with Crippen molar-refractivity contribution < 1.29 is 4.79 Å². The highest BCUT2D eigenvalue weighted by Gasteiger charge is 2.13. The SMILES string of the molecule is Cc1ccn(CCc2cccc(C#N)n2)c(=O)c1CC(=O)NCc1cc(Cl)ccc1CN. The van der Waals surface area contributed by atoms with Crippen LogP contribution in [0.1, 0.15) is 33.6 Å². The Kier molecular flexibility index (Phi) is 7.77. The zero-order valence-electron chi connectivity index (χ0n) is 17.8. The lowest BCUT2D eigenvalue weighted by Gasteiger charge is -2.12. The molecule has 0 aliphatic rings. The van der Waals surface area contributed by atoms with Crippen molar-refractivity contribution in [3.05, 3.63) is 97.7 Å². The second kappa shape index (κ2) is 10.7. The van der Waals surface area contributed by atoms with Crippen molar-refractivity contribution in [3.8, 4) is 6.07 Å². The average molecular weight is 450 g/mol. The van der Waals surface area contributed by atoms with Gasteiger partial charge in [-0.3, -0.25) is 9.59 Å². The number of hydrogen-bond donors (Lipinski definition) is 2. The monoisotopic (exact) mass is 449 g/mol. The molecule has 7 nitrogen and oxygen atoms in total. The normalized spacial score (nSPS) is 10.6. The highest BCUT2D eigenvalue weighted by Crippen LogP contribution is 2.16. The Hall–Kier alpha value is -3.47. The lowest BCUT2D eigenvalue weighted by molar-refractivity contribution is -0.120. The van der Waals surface area contributed by atoms with Crippen LogP contribution in [0.5, 0.6) is 0 Å². The van der Waals surface area contributed by atoms with Gasteiger partial charge in [-0.25, -0.2) is 4.98 Å². The third kappa shape index (κ3) is 5.82. The van der Waals surface area contributed by atoms with E-state index in [2.05, 4.69) is 10.3 Å². The topological polar surface area (TPSA) is 114 Å². The Balaban J connectivity index is 1.68. The minimum absolute atomic E-state index is 0.0216. The molecule has 0 atom stereocenters. The summed E-state index contributed by atoms with van der Waals surface area (Å²) >= 11 is 6.05. The maximum absolute atomic E-state index is 13.0. The first-order valence-electron chi connectivity index (χ1n) is 10.2. The summed E-state index contributed by atoms with van der Waals surface area (Å²) in [5.41, 5.74) is 9.59. The Bertz CT molecular complexity index is 1230. The summed E-state index contributed by atoms with van der Waals surface area (Å²) in [6, 6.07) is 14.4. The molecule has 0 bridgehead atoms. The fourth-order valence-corrected chi connectivity index (χ4v) is 3.59. The van der Waals surface area contributed by atoms with Gasteiger partial charge >= 0.3 is 0 Å². The average Bonchev–Trinajstić information content (AvgIpc) is 2.80. The van der Waals surface area contributed by atoms with Crippen LogP contribution in [0.3, 0.4) is 0 Å². The zero-order valence-corrected chi connectivity index (χ0v) is 18.5. The fourth-order valence-electron chi connectivity index (χ4n) is 3.39. The maximum atomic E-state index is 13.0. The number of benzene rings is 1. The Morgan fingerprint density at radius 1 is 1.25 bits per heavy atom. The minimum atomic E-state index is -0.255. The molecule has 3 rings (SSSR count). The lowest BCUT2D eigenvalue weighted by Crippen LogP contribution is -2.31. The predicted octanol–water partition coefficient (Wildman–Crippen LogP) is 2.64. The largest absolute Gasteiger partial charge is 0.352 e. The van der Waals surface area contributed by atoms with E-state index in [-0.39, 0.29) is 24.4 Å². The molecule has 8 heteroatoms. The predicted molar refractivity (Wildman–Crippen MR) is 123 cm³/mol. The number of amides is 1. The van der Waals surface area contributed by atoms with Gasteiger partial charge in [0.15, 0.2) is 0 Å².